The summed E-state index contributed by atoms with van der Waals surface area (Å²) in [5.74, 6) is 0.0478. The fourth-order valence-corrected chi connectivity index (χ4v) is 5.52. The molecule has 1 aromatic carbocycles. The molecule has 0 radical (unpaired) electrons. The molecule has 4 aromatic rings. The van der Waals surface area contributed by atoms with Crippen LogP contribution >= 0.6 is 23.6 Å². The number of benzene rings is 1. The van der Waals surface area contributed by atoms with Crippen LogP contribution in [0.25, 0.3) is 15.9 Å². The van der Waals surface area contributed by atoms with Crippen LogP contribution in [0.1, 0.15) is 40.7 Å². The van der Waals surface area contributed by atoms with Crippen molar-refractivity contribution >= 4 is 57.3 Å². The molecule has 13 heteroatoms. The van der Waals surface area contributed by atoms with Crippen molar-refractivity contribution in [1.29, 1.82) is 0 Å². The Kier molecular flexibility index (Phi) is 7.96. The average molecular weight is 551 g/mol. The Morgan fingerprint density at radius 1 is 1.29 bits per heavy atom. The maximum atomic E-state index is 12.5. The van der Waals surface area contributed by atoms with Gasteiger partial charge in [0.25, 0.3) is 5.91 Å². The number of hydrogen-bond acceptors (Lipinski definition) is 10. The van der Waals surface area contributed by atoms with E-state index in [1.54, 1.807) is 21.8 Å². The molecule has 0 saturated carbocycles. The number of hydrogen-bond donors (Lipinski definition) is 2. The number of nitrogens with zero attached hydrogens (tertiary/aromatic N) is 6. The molecule has 2 amide bonds. The Bertz CT molecular complexity index is 1470. The van der Waals surface area contributed by atoms with E-state index in [-0.39, 0.29) is 17.8 Å². The second-order valence-electron chi connectivity index (χ2n) is 8.44. The van der Waals surface area contributed by atoms with Crippen LogP contribution in [0.15, 0.2) is 53.2 Å². The standard InChI is InChI=1S/C25H26N8O3S2/c1-2-27-23(35)19-15-18-22(29-25(26)30-24(18)37-19)21(31-38-36-14-13-32-11-3-5-20(32)34)16-6-8-17(9-7-16)33-12-4-10-28-33/h4,6-10,12,15H,2-3,5,11,13-14H2,1H3,(H,27,35)(H2,26,29,30). The van der Waals surface area contributed by atoms with Gasteiger partial charge in [0.05, 0.1) is 17.2 Å². The van der Waals surface area contributed by atoms with E-state index >= 15 is 0 Å². The number of rotatable bonds is 10. The molecule has 11 nitrogen and oxygen atoms in total. The van der Waals surface area contributed by atoms with Gasteiger partial charge in [-0.15, -0.1) is 11.3 Å². The number of nitrogens with one attached hydrogen (secondary N) is 1. The summed E-state index contributed by atoms with van der Waals surface area (Å²) >= 11 is 2.18. The predicted molar refractivity (Wildman–Crippen MR) is 148 cm³/mol. The third kappa shape index (κ3) is 5.69. The van der Waals surface area contributed by atoms with Crippen LogP contribution in [-0.4, -0.2) is 68.4 Å². The van der Waals surface area contributed by atoms with Gasteiger partial charge in [0.1, 0.15) is 28.5 Å². The topological polar surface area (TPSA) is 141 Å². The van der Waals surface area contributed by atoms with Crippen LogP contribution < -0.4 is 11.1 Å². The van der Waals surface area contributed by atoms with Gasteiger partial charge in [0.15, 0.2) is 0 Å². The molecule has 1 saturated heterocycles. The lowest BCUT2D eigenvalue weighted by molar-refractivity contribution is -0.127. The van der Waals surface area contributed by atoms with E-state index in [1.807, 2.05) is 43.5 Å². The van der Waals surface area contributed by atoms with E-state index in [1.165, 1.54) is 11.3 Å². The Balaban J connectivity index is 1.47. The van der Waals surface area contributed by atoms with Gasteiger partial charge in [0.2, 0.25) is 11.9 Å². The molecule has 0 bridgehead atoms. The summed E-state index contributed by atoms with van der Waals surface area (Å²) in [5, 5.41) is 7.76. The van der Waals surface area contributed by atoms with Crippen molar-refractivity contribution in [1.82, 2.24) is 30.0 Å². The monoisotopic (exact) mass is 550 g/mol. The Hall–Kier alpha value is -3.81. The van der Waals surface area contributed by atoms with Crippen molar-refractivity contribution in [3.8, 4) is 5.69 Å². The lowest BCUT2D eigenvalue weighted by Gasteiger charge is -2.14. The Labute approximate surface area is 227 Å². The number of likely N-dealkylation sites (tertiary alicyclic amines) is 1. The number of aromatic nitrogens is 4. The van der Waals surface area contributed by atoms with Crippen LogP contribution in [0.5, 0.6) is 0 Å². The smallest absolute Gasteiger partial charge is 0.261 e. The molecule has 4 heterocycles. The molecule has 1 aliphatic heterocycles. The molecular formula is C25H26N8O3S2. The highest BCUT2D eigenvalue weighted by molar-refractivity contribution is 7.93. The molecule has 5 rings (SSSR count). The lowest BCUT2D eigenvalue weighted by atomic mass is 10.0. The average Bonchev–Trinajstić information content (AvgIpc) is 3.68. The summed E-state index contributed by atoms with van der Waals surface area (Å²) in [6.07, 6.45) is 5.05. The molecule has 0 unspecified atom stereocenters. The number of nitrogens with two attached hydrogens (primary N) is 1. The largest absolute Gasteiger partial charge is 0.368 e. The van der Waals surface area contributed by atoms with Gasteiger partial charge in [-0.1, -0.05) is 12.1 Å². The van der Waals surface area contributed by atoms with Gasteiger partial charge in [-0.05, 0) is 37.6 Å². The number of anilines is 1. The molecule has 1 fully saturated rings. The minimum atomic E-state index is -0.184. The maximum Gasteiger partial charge on any atom is 0.261 e. The second-order valence-corrected chi connectivity index (χ2v) is 10.0. The SMILES string of the molecule is CCNC(=O)c1cc2c(C(=NSOCCN3CCCC3=O)c3ccc(-n4cccn4)cc3)nc(N)nc2s1. The minimum absolute atomic E-state index is 0.0797. The van der Waals surface area contributed by atoms with E-state index in [2.05, 4.69) is 24.8 Å². The molecule has 1 aliphatic rings. The number of amides is 2. The first-order valence-corrected chi connectivity index (χ1v) is 13.7. The van der Waals surface area contributed by atoms with E-state index in [4.69, 9.17) is 9.92 Å². The van der Waals surface area contributed by atoms with Crippen LogP contribution in [0.2, 0.25) is 0 Å². The van der Waals surface area contributed by atoms with Gasteiger partial charge in [-0.3, -0.25) is 13.8 Å². The van der Waals surface area contributed by atoms with Crippen molar-refractivity contribution in [2.75, 3.05) is 32.0 Å². The van der Waals surface area contributed by atoms with Crippen molar-refractivity contribution in [2.45, 2.75) is 19.8 Å². The third-order valence-electron chi connectivity index (χ3n) is 5.90. The van der Waals surface area contributed by atoms with Crippen molar-refractivity contribution in [3.63, 3.8) is 0 Å². The predicted octanol–water partition coefficient (Wildman–Crippen LogP) is 3.25. The molecular weight excluding hydrogens is 524 g/mol. The summed E-state index contributed by atoms with van der Waals surface area (Å²) < 4.78 is 12.1. The van der Waals surface area contributed by atoms with Crippen molar-refractivity contribution < 1.29 is 13.8 Å². The molecule has 3 aromatic heterocycles. The van der Waals surface area contributed by atoms with Crippen molar-refractivity contribution in [3.05, 3.63) is 64.9 Å². The number of carbonyl (C=O) groups is 2. The van der Waals surface area contributed by atoms with Gasteiger partial charge >= 0.3 is 0 Å². The zero-order chi connectivity index (χ0) is 26.5. The highest BCUT2D eigenvalue weighted by Crippen LogP contribution is 2.29. The summed E-state index contributed by atoms with van der Waals surface area (Å²) in [6.45, 7) is 3.99. The first kappa shape index (κ1) is 25.8. The normalized spacial score (nSPS) is 14.0. The molecule has 0 atom stereocenters. The number of fused-ring (bicyclic) bond motifs is 1. The van der Waals surface area contributed by atoms with Gasteiger partial charge < -0.3 is 16.0 Å². The Morgan fingerprint density at radius 2 is 2.13 bits per heavy atom. The highest BCUT2D eigenvalue weighted by atomic mass is 32.2. The van der Waals surface area contributed by atoms with E-state index in [0.29, 0.717) is 52.6 Å². The fourth-order valence-electron chi connectivity index (χ4n) is 4.09. The number of thiophene rings is 1. The fraction of sp³-hybridized carbons (Fsp3) is 0.280. The molecule has 3 N–H and O–H groups in total. The lowest BCUT2D eigenvalue weighted by Crippen LogP contribution is -2.27. The molecule has 38 heavy (non-hydrogen) atoms. The Morgan fingerprint density at radius 3 is 2.84 bits per heavy atom. The van der Waals surface area contributed by atoms with E-state index < -0.39 is 0 Å². The van der Waals surface area contributed by atoms with Crippen molar-refractivity contribution in [2.24, 2.45) is 4.40 Å². The quantitative estimate of drug-likeness (QED) is 0.133. The van der Waals surface area contributed by atoms with E-state index in [9.17, 15) is 9.59 Å². The molecule has 196 valence electrons. The number of nitrogen functional groups attached to an aromatic ring is 1. The third-order valence-corrected chi connectivity index (χ3v) is 7.46. The summed E-state index contributed by atoms with van der Waals surface area (Å²) in [4.78, 5) is 36.1. The van der Waals surface area contributed by atoms with Crippen LogP contribution in [0.3, 0.4) is 0 Å². The zero-order valence-electron chi connectivity index (χ0n) is 20.7. The van der Waals surface area contributed by atoms with E-state index in [0.717, 1.165) is 36.4 Å². The summed E-state index contributed by atoms with van der Waals surface area (Å²) in [5.41, 5.74) is 8.76. The zero-order valence-corrected chi connectivity index (χ0v) is 22.3. The van der Waals surface area contributed by atoms with Gasteiger partial charge in [-0.2, -0.15) is 9.50 Å². The summed E-state index contributed by atoms with van der Waals surface area (Å²) in [7, 11) is 0. The van der Waals surface area contributed by atoms with Crippen LogP contribution in [0, 0.1) is 0 Å². The minimum Gasteiger partial charge on any atom is -0.368 e. The second kappa shape index (κ2) is 11.7. The van der Waals surface area contributed by atoms with Crippen LogP contribution in [0.4, 0.5) is 5.95 Å². The van der Waals surface area contributed by atoms with Gasteiger partial charge in [-0.25, -0.2) is 14.6 Å². The maximum absolute atomic E-state index is 12.5. The first-order chi connectivity index (χ1) is 18.5. The van der Waals surface area contributed by atoms with Gasteiger partial charge in [0, 0.05) is 49.4 Å². The highest BCUT2D eigenvalue weighted by Gasteiger charge is 2.21. The molecule has 0 spiro atoms. The molecule has 0 aliphatic carbocycles. The summed E-state index contributed by atoms with van der Waals surface area (Å²) in [6, 6.07) is 11.3. The first-order valence-electron chi connectivity index (χ1n) is 12.1. The van der Waals surface area contributed by atoms with Crippen LogP contribution in [-0.2, 0) is 8.98 Å². The number of carbonyl (C=O) groups excluding carboxylic acids is 2.